The van der Waals surface area contributed by atoms with Gasteiger partial charge in [-0.15, -0.1) is 12.4 Å². The first-order valence-corrected chi connectivity index (χ1v) is 4.99. The second-order valence-electron chi connectivity index (χ2n) is 4.49. The van der Waals surface area contributed by atoms with Crippen molar-refractivity contribution < 1.29 is 9.90 Å². The average molecular weight is 244 g/mol. The molecule has 0 amide bonds. The van der Waals surface area contributed by atoms with Gasteiger partial charge in [-0.3, -0.25) is 0 Å². The number of aromatic carboxylic acids is 1. The first-order valence-electron chi connectivity index (χ1n) is 4.99. The Labute approximate surface area is 102 Å². The van der Waals surface area contributed by atoms with Crippen molar-refractivity contribution in [1.82, 2.24) is 0 Å². The van der Waals surface area contributed by atoms with Crippen molar-refractivity contribution in [3.05, 3.63) is 35.4 Å². The predicted molar refractivity (Wildman–Crippen MR) is 67.2 cm³/mol. The lowest BCUT2D eigenvalue weighted by molar-refractivity contribution is 0.0697. The van der Waals surface area contributed by atoms with Crippen molar-refractivity contribution in [2.24, 2.45) is 5.73 Å². The van der Waals surface area contributed by atoms with Gasteiger partial charge in [0, 0.05) is 5.54 Å². The van der Waals surface area contributed by atoms with Crippen LogP contribution in [0.5, 0.6) is 0 Å². The number of carbonyl (C=O) groups is 1. The van der Waals surface area contributed by atoms with Crippen molar-refractivity contribution >= 4 is 18.4 Å². The smallest absolute Gasteiger partial charge is 0.335 e. The number of benzene rings is 1. The lowest BCUT2D eigenvalue weighted by Crippen LogP contribution is -2.32. The molecule has 1 aromatic carbocycles. The molecule has 16 heavy (non-hydrogen) atoms. The number of halogens is 1. The van der Waals surface area contributed by atoms with Gasteiger partial charge in [0.25, 0.3) is 0 Å². The molecule has 0 heterocycles. The molecule has 1 aromatic rings. The van der Waals surface area contributed by atoms with E-state index >= 15 is 0 Å². The molecule has 0 bridgehead atoms. The van der Waals surface area contributed by atoms with Crippen molar-refractivity contribution in [1.29, 1.82) is 0 Å². The Kier molecular flexibility index (Phi) is 5.48. The minimum absolute atomic E-state index is 0. The van der Waals surface area contributed by atoms with Crippen LogP contribution in [-0.2, 0) is 6.42 Å². The molecule has 0 spiro atoms. The van der Waals surface area contributed by atoms with Gasteiger partial charge < -0.3 is 10.8 Å². The molecule has 0 aliphatic rings. The second-order valence-corrected chi connectivity index (χ2v) is 4.49. The van der Waals surface area contributed by atoms with Crippen molar-refractivity contribution in [2.45, 2.75) is 32.2 Å². The zero-order valence-corrected chi connectivity index (χ0v) is 10.4. The van der Waals surface area contributed by atoms with Crippen LogP contribution in [0, 0.1) is 0 Å². The summed E-state index contributed by atoms with van der Waals surface area (Å²) in [6.45, 7) is 3.97. The predicted octanol–water partition coefficient (Wildman–Crippen LogP) is 2.48. The molecule has 0 radical (unpaired) electrons. The van der Waals surface area contributed by atoms with Crippen molar-refractivity contribution in [3.63, 3.8) is 0 Å². The highest BCUT2D eigenvalue weighted by atomic mass is 35.5. The number of hydrogen-bond acceptors (Lipinski definition) is 2. The van der Waals surface area contributed by atoms with Gasteiger partial charge in [0.15, 0.2) is 0 Å². The number of hydrogen-bond donors (Lipinski definition) is 2. The summed E-state index contributed by atoms with van der Waals surface area (Å²) in [4.78, 5) is 10.6. The quantitative estimate of drug-likeness (QED) is 0.854. The first-order chi connectivity index (χ1) is 6.88. The first kappa shape index (κ1) is 14.9. The van der Waals surface area contributed by atoms with Crippen LogP contribution in [-0.4, -0.2) is 16.6 Å². The molecule has 1 rings (SSSR count). The van der Waals surface area contributed by atoms with Gasteiger partial charge in [0.2, 0.25) is 0 Å². The zero-order valence-electron chi connectivity index (χ0n) is 9.56. The van der Waals surface area contributed by atoms with E-state index in [-0.39, 0.29) is 17.9 Å². The van der Waals surface area contributed by atoms with Gasteiger partial charge in [-0.25, -0.2) is 4.79 Å². The molecule has 3 N–H and O–H groups in total. The molecule has 0 saturated heterocycles. The van der Waals surface area contributed by atoms with Crippen LogP contribution in [0.25, 0.3) is 0 Å². The standard InChI is InChI=1S/C12H17NO2.ClH/c1-12(2,13)8-7-9-3-5-10(6-4-9)11(14)15;/h3-6H,7-8,13H2,1-2H3,(H,14,15);1H. The Morgan fingerprint density at radius 3 is 2.19 bits per heavy atom. The maximum Gasteiger partial charge on any atom is 0.335 e. The Morgan fingerprint density at radius 1 is 1.31 bits per heavy atom. The molecule has 0 saturated carbocycles. The summed E-state index contributed by atoms with van der Waals surface area (Å²) in [5.74, 6) is -0.888. The van der Waals surface area contributed by atoms with Crippen LogP contribution in [0.2, 0.25) is 0 Å². The Hall–Kier alpha value is -1.06. The zero-order chi connectivity index (χ0) is 11.5. The SMILES string of the molecule is CC(C)(N)CCc1ccc(C(=O)O)cc1.Cl. The van der Waals surface area contributed by atoms with Gasteiger partial charge in [-0.1, -0.05) is 12.1 Å². The molecule has 0 fully saturated rings. The number of nitrogens with two attached hydrogens (primary N) is 1. The third-order valence-electron chi connectivity index (χ3n) is 2.26. The van der Waals surface area contributed by atoms with Crippen LogP contribution >= 0.6 is 12.4 Å². The van der Waals surface area contributed by atoms with Gasteiger partial charge in [0.05, 0.1) is 5.56 Å². The van der Waals surface area contributed by atoms with E-state index < -0.39 is 5.97 Å². The third kappa shape index (κ3) is 5.14. The van der Waals surface area contributed by atoms with E-state index in [1.807, 2.05) is 26.0 Å². The lowest BCUT2D eigenvalue weighted by atomic mass is 9.96. The van der Waals surface area contributed by atoms with E-state index in [4.69, 9.17) is 10.8 Å². The summed E-state index contributed by atoms with van der Waals surface area (Å²) in [7, 11) is 0. The summed E-state index contributed by atoms with van der Waals surface area (Å²) < 4.78 is 0. The summed E-state index contributed by atoms with van der Waals surface area (Å²) in [6.07, 6.45) is 1.77. The molecule has 4 heteroatoms. The van der Waals surface area contributed by atoms with E-state index in [0.29, 0.717) is 5.56 Å². The highest BCUT2D eigenvalue weighted by molar-refractivity contribution is 5.87. The topological polar surface area (TPSA) is 63.3 Å². The van der Waals surface area contributed by atoms with Crippen LogP contribution < -0.4 is 5.73 Å². The van der Waals surface area contributed by atoms with Crippen LogP contribution in [0.3, 0.4) is 0 Å². The van der Waals surface area contributed by atoms with Crippen molar-refractivity contribution in [2.75, 3.05) is 0 Å². The van der Waals surface area contributed by atoms with E-state index in [9.17, 15) is 4.79 Å². The summed E-state index contributed by atoms with van der Waals surface area (Å²) in [5.41, 5.74) is 7.14. The van der Waals surface area contributed by atoms with Crippen molar-refractivity contribution in [3.8, 4) is 0 Å². The van der Waals surface area contributed by atoms with Crippen LogP contribution in [0.15, 0.2) is 24.3 Å². The Morgan fingerprint density at radius 2 is 1.81 bits per heavy atom. The second kappa shape index (κ2) is 5.87. The third-order valence-corrected chi connectivity index (χ3v) is 2.26. The number of rotatable bonds is 4. The normalized spacial score (nSPS) is 10.7. The van der Waals surface area contributed by atoms with Gasteiger partial charge in [0.1, 0.15) is 0 Å². The minimum atomic E-state index is -0.888. The highest BCUT2D eigenvalue weighted by Gasteiger charge is 2.10. The fourth-order valence-corrected chi connectivity index (χ4v) is 1.28. The lowest BCUT2D eigenvalue weighted by Gasteiger charge is -2.17. The minimum Gasteiger partial charge on any atom is -0.478 e. The van der Waals surface area contributed by atoms with Gasteiger partial charge in [-0.2, -0.15) is 0 Å². The Balaban J connectivity index is 0.00000225. The number of carboxylic acids is 1. The fraction of sp³-hybridized carbons (Fsp3) is 0.417. The van der Waals surface area contributed by atoms with E-state index in [1.165, 1.54) is 0 Å². The maximum atomic E-state index is 10.6. The molecular formula is C12H18ClNO2. The molecule has 90 valence electrons. The van der Waals surface area contributed by atoms with Gasteiger partial charge >= 0.3 is 5.97 Å². The van der Waals surface area contributed by atoms with Crippen LogP contribution in [0.4, 0.5) is 0 Å². The number of aryl methyl sites for hydroxylation is 1. The molecule has 0 aliphatic heterocycles. The molecule has 3 nitrogen and oxygen atoms in total. The summed E-state index contributed by atoms with van der Waals surface area (Å²) in [5, 5.41) is 8.71. The molecule has 0 aliphatic carbocycles. The maximum absolute atomic E-state index is 10.6. The average Bonchev–Trinajstić information content (AvgIpc) is 2.14. The van der Waals surface area contributed by atoms with E-state index in [0.717, 1.165) is 18.4 Å². The monoisotopic (exact) mass is 243 g/mol. The molecular weight excluding hydrogens is 226 g/mol. The molecule has 0 atom stereocenters. The molecule has 0 unspecified atom stereocenters. The largest absolute Gasteiger partial charge is 0.478 e. The Bertz CT molecular complexity index is 341. The highest BCUT2D eigenvalue weighted by Crippen LogP contribution is 2.11. The van der Waals surface area contributed by atoms with E-state index in [1.54, 1.807) is 12.1 Å². The van der Waals surface area contributed by atoms with Crippen LogP contribution in [0.1, 0.15) is 36.2 Å². The summed E-state index contributed by atoms with van der Waals surface area (Å²) in [6, 6.07) is 6.94. The van der Waals surface area contributed by atoms with E-state index in [2.05, 4.69) is 0 Å². The number of carboxylic acid groups (broad SMARTS) is 1. The molecule has 0 aromatic heterocycles. The fourth-order valence-electron chi connectivity index (χ4n) is 1.28. The van der Waals surface area contributed by atoms with Gasteiger partial charge in [-0.05, 0) is 44.4 Å². The summed E-state index contributed by atoms with van der Waals surface area (Å²) >= 11 is 0.